The molecule has 2 atom stereocenters. The minimum atomic E-state index is 0.683. The Morgan fingerprint density at radius 1 is 1.44 bits per heavy atom. The second-order valence-corrected chi connectivity index (χ2v) is 6.32. The summed E-state index contributed by atoms with van der Waals surface area (Å²) in [7, 11) is 0. The van der Waals surface area contributed by atoms with E-state index in [-0.39, 0.29) is 0 Å². The number of hydrogen-bond donors (Lipinski definition) is 1. The second kappa shape index (κ2) is 5.02. The van der Waals surface area contributed by atoms with Gasteiger partial charge in [0.1, 0.15) is 0 Å². The first-order valence-corrected chi connectivity index (χ1v) is 7.78. The quantitative estimate of drug-likeness (QED) is 0.920. The van der Waals surface area contributed by atoms with Gasteiger partial charge in [-0.2, -0.15) is 0 Å². The van der Waals surface area contributed by atoms with E-state index in [4.69, 9.17) is 0 Å². The third-order valence-electron chi connectivity index (χ3n) is 4.20. The molecule has 1 saturated carbocycles. The molecule has 0 saturated heterocycles. The van der Waals surface area contributed by atoms with E-state index in [0.29, 0.717) is 6.04 Å². The zero-order valence-corrected chi connectivity index (χ0v) is 12.0. The summed E-state index contributed by atoms with van der Waals surface area (Å²) >= 11 is 1.71. The van der Waals surface area contributed by atoms with Crippen LogP contribution in [-0.4, -0.2) is 15.4 Å². The molecule has 2 heterocycles. The van der Waals surface area contributed by atoms with Crippen molar-refractivity contribution in [1.82, 2.24) is 14.7 Å². The molecule has 3 nitrogen and oxygen atoms in total. The van der Waals surface area contributed by atoms with Crippen LogP contribution in [0.15, 0.2) is 11.6 Å². The Morgan fingerprint density at radius 3 is 3.11 bits per heavy atom. The average molecular weight is 263 g/mol. The molecule has 4 heteroatoms. The first kappa shape index (κ1) is 12.2. The third-order valence-corrected chi connectivity index (χ3v) is 4.96. The molecule has 18 heavy (non-hydrogen) atoms. The Hall–Kier alpha value is -0.870. The van der Waals surface area contributed by atoms with Crippen molar-refractivity contribution in [3.05, 3.63) is 23.0 Å². The molecule has 1 fully saturated rings. The van der Waals surface area contributed by atoms with Crippen LogP contribution < -0.4 is 5.32 Å². The normalized spacial score (nSPS) is 24.8. The van der Waals surface area contributed by atoms with Gasteiger partial charge in [-0.3, -0.25) is 4.40 Å². The number of aromatic nitrogens is 2. The highest BCUT2D eigenvalue weighted by Gasteiger charge is 2.21. The van der Waals surface area contributed by atoms with Gasteiger partial charge in [0.15, 0.2) is 4.96 Å². The summed E-state index contributed by atoms with van der Waals surface area (Å²) < 4.78 is 2.22. The number of hydrogen-bond acceptors (Lipinski definition) is 3. The van der Waals surface area contributed by atoms with Crippen molar-refractivity contribution < 1.29 is 0 Å². The summed E-state index contributed by atoms with van der Waals surface area (Å²) in [4.78, 5) is 5.71. The lowest BCUT2D eigenvalue weighted by Gasteiger charge is -2.29. The zero-order valence-electron chi connectivity index (χ0n) is 11.1. The number of rotatable bonds is 3. The van der Waals surface area contributed by atoms with Crippen LogP contribution in [0.1, 0.15) is 44.0 Å². The monoisotopic (exact) mass is 263 g/mol. The van der Waals surface area contributed by atoms with Crippen LogP contribution in [-0.2, 0) is 6.54 Å². The fraction of sp³-hybridized carbons (Fsp3) is 0.643. The van der Waals surface area contributed by atoms with Gasteiger partial charge in [-0.1, -0.05) is 19.8 Å². The van der Waals surface area contributed by atoms with Crippen LogP contribution in [0.4, 0.5) is 0 Å². The van der Waals surface area contributed by atoms with E-state index in [1.165, 1.54) is 31.4 Å². The van der Waals surface area contributed by atoms with Gasteiger partial charge in [0.05, 0.1) is 11.4 Å². The molecule has 0 aromatic carbocycles. The Morgan fingerprint density at radius 2 is 2.28 bits per heavy atom. The molecule has 1 N–H and O–H groups in total. The SMILES string of the molecule is Cc1nc2sccn2c1CNC1CCCCC1C. The van der Waals surface area contributed by atoms with Crippen molar-refractivity contribution in [2.75, 3.05) is 0 Å². The van der Waals surface area contributed by atoms with Crippen molar-refractivity contribution in [2.45, 2.75) is 52.1 Å². The Bertz CT molecular complexity index is 528. The number of thiazole rings is 1. The molecular weight excluding hydrogens is 242 g/mol. The van der Waals surface area contributed by atoms with Gasteiger partial charge in [-0.25, -0.2) is 4.98 Å². The minimum Gasteiger partial charge on any atom is -0.308 e. The van der Waals surface area contributed by atoms with Crippen LogP contribution in [0.5, 0.6) is 0 Å². The Balaban J connectivity index is 1.72. The molecule has 98 valence electrons. The maximum Gasteiger partial charge on any atom is 0.194 e. The summed E-state index contributed by atoms with van der Waals surface area (Å²) in [5, 5.41) is 5.85. The van der Waals surface area contributed by atoms with Crippen molar-refractivity contribution in [1.29, 1.82) is 0 Å². The van der Waals surface area contributed by atoms with Gasteiger partial charge in [0.25, 0.3) is 0 Å². The van der Waals surface area contributed by atoms with Crippen molar-refractivity contribution in [3.8, 4) is 0 Å². The van der Waals surface area contributed by atoms with E-state index in [1.807, 2.05) is 0 Å². The van der Waals surface area contributed by atoms with E-state index >= 15 is 0 Å². The Labute approximate surface area is 112 Å². The van der Waals surface area contributed by atoms with E-state index < -0.39 is 0 Å². The number of nitrogens with one attached hydrogen (secondary N) is 1. The van der Waals surface area contributed by atoms with Crippen molar-refractivity contribution in [2.24, 2.45) is 5.92 Å². The molecular formula is C14H21N3S. The molecule has 3 rings (SSSR count). The van der Waals surface area contributed by atoms with E-state index in [1.54, 1.807) is 11.3 Å². The van der Waals surface area contributed by atoms with Crippen molar-refractivity contribution >= 4 is 16.3 Å². The van der Waals surface area contributed by atoms with Crippen LogP contribution in [0.2, 0.25) is 0 Å². The molecule has 0 bridgehead atoms. The molecule has 1 aliphatic carbocycles. The smallest absolute Gasteiger partial charge is 0.194 e. The maximum atomic E-state index is 4.60. The summed E-state index contributed by atoms with van der Waals surface area (Å²) in [6.07, 6.45) is 7.60. The van der Waals surface area contributed by atoms with Gasteiger partial charge in [-0.15, -0.1) is 11.3 Å². The number of fused-ring (bicyclic) bond motifs is 1. The first-order valence-electron chi connectivity index (χ1n) is 6.90. The summed E-state index contributed by atoms with van der Waals surface area (Å²) in [5.74, 6) is 0.810. The van der Waals surface area contributed by atoms with Gasteiger partial charge in [0.2, 0.25) is 0 Å². The molecule has 0 radical (unpaired) electrons. The summed E-state index contributed by atoms with van der Waals surface area (Å²) in [6, 6.07) is 0.683. The van der Waals surface area contributed by atoms with E-state index in [2.05, 4.69) is 40.1 Å². The molecule has 2 aromatic heterocycles. The standard InChI is InChI=1S/C14H21N3S/c1-10-5-3-4-6-12(10)15-9-13-11(2)16-14-17(13)7-8-18-14/h7-8,10,12,15H,3-6,9H2,1-2H3. The number of aryl methyl sites for hydroxylation is 1. The van der Waals surface area contributed by atoms with Crippen LogP contribution >= 0.6 is 11.3 Å². The Kier molecular flexibility index (Phi) is 3.39. The van der Waals surface area contributed by atoms with Gasteiger partial charge < -0.3 is 5.32 Å². The summed E-state index contributed by atoms with van der Waals surface area (Å²) in [5.41, 5.74) is 2.49. The fourth-order valence-electron chi connectivity index (χ4n) is 3.00. The molecule has 0 spiro atoms. The second-order valence-electron chi connectivity index (χ2n) is 5.45. The number of imidazole rings is 1. The highest BCUT2D eigenvalue weighted by molar-refractivity contribution is 7.15. The highest BCUT2D eigenvalue weighted by Crippen LogP contribution is 2.24. The largest absolute Gasteiger partial charge is 0.308 e. The minimum absolute atomic E-state index is 0.683. The average Bonchev–Trinajstić information content (AvgIpc) is 2.90. The fourth-order valence-corrected chi connectivity index (χ4v) is 3.78. The predicted octanol–water partition coefficient (Wildman–Crippen LogP) is 3.37. The van der Waals surface area contributed by atoms with Gasteiger partial charge in [0, 0.05) is 24.2 Å². The summed E-state index contributed by atoms with van der Waals surface area (Å²) in [6.45, 7) is 5.43. The zero-order chi connectivity index (χ0) is 12.5. The van der Waals surface area contributed by atoms with E-state index in [9.17, 15) is 0 Å². The van der Waals surface area contributed by atoms with Crippen molar-refractivity contribution in [3.63, 3.8) is 0 Å². The highest BCUT2D eigenvalue weighted by atomic mass is 32.1. The van der Waals surface area contributed by atoms with Crippen LogP contribution in [0.3, 0.4) is 0 Å². The maximum absolute atomic E-state index is 4.60. The molecule has 2 unspecified atom stereocenters. The van der Waals surface area contributed by atoms with E-state index in [0.717, 1.165) is 23.1 Å². The third kappa shape index (κ3) is 2.19. The molecule has 1 aliphatic rings. The predicted molar refractivity (Wildman–Crippen MR) is 76.1 cm³/mol. The van der Waals surface area contributed by atoms with Crippen LogP contribution in [0.25, 0.3) is 4.96 Å². The molecule has 0 amide bonds. The topological polar surface area (TPSA) is 29.3 Å². The lowest BCUT2D eigenvalue weighted by atomic mass is 9.86. The van der Waals surface area contributed by atoms with Gasteiger partial charge in [-0.05, 0) is 25.7 Å². The van der Waals surface area contributed by atoms with Gasteiger partial charge >= 0.3 is 0 Å². The molecule has 0 aliphatic heterocycles. The number of nitrogens with zero attached hydrogens (tertiary/aromatic N) is 2. The molecule has 2 aromatic rings. The van der Waals surface area contributed by atoms with Crippen LogP contribution in [0, 0.1) is 12.8 Å². The lowest BCUT2D eigenvalue weighted by molar-refractivity contribution is 0.278. The first-order chi connectivity index (χ1) is 8.75. The lowest BCUT2D eigenvalue weighted by Crippen LogP contribution is -2.37.